The lowest BCUT2D eigenvalue weighted by Crippen LogP contribution is -2.48. The maximum absolute atomic E-state index is 13.4. The van der Waals surface area contributed by atoms with Crippen LogP contribution in [0.5, 0.6) is 11.5 Å². The highest BCUT2D eigenvalue weighted by atomic mass is 16.5. The number of carbonyl (C=O) groups is 3. The minimum atomic E-state index is -0.833. The van der Waals surface area contributed by atoms with Crippen LogP contribution in [0.1, 0.15) is 62.9 Å². The van der Waals surface area contributed by atoms with E-state index in [4.69, 9.17) is 14.6 Å². The monoisotopic (exact) mass is 528 g/mol. The van der Waals surface area contributed by atoms with Gasteiger partial charge in [0.15, 0.2) is 5.69 Å². The Kier molecular flexibility index (Phi) is 10.6. The average molecular weight is 529 g/mol. The summed E-state index contributed by atoms with van der Waals surface area (Å²) in [6, 6.07) is 6.43. The first-order valence-electron chi connectivity index (χ1n) is 13.2. The van der Waals surface area contributed by atoms with Crippen LogP contribution in [-0.4, -0.2) is 61.5 Å². The summed E-state index contributed by atoms with van der Waals surface area (Å²) in [5.74, 6) is 0.317. The van der Waals surface area contributed by atoms with Crippen LogP contribution in [0.25, 0.3) is 11.3 Å². The third kappa shape index (κ3) is 7.49. The molecule has 0 bridgehead atoms. The van der Waals surface area contributed by atoms with Crippen molar-refractivity contribution < 1.29 is 28.6 Å². The molecule has 208 valence electrons. The Labute approximate surface area is 224 Å². The molecule has 1 aromatic heterocycles. The molecule has 2 amide bonds. The highest BCUT2D eigenvalue weighted by Gasteiger charge is 2.27. The molecule has 1 heterocycles. The summed E-state index contributed by atoms with van der Waals surface area (Å²) < 4.78 is 17.7. The smallest absolute Gasteiger partial charge is 0.325 e. The van der Waals surface area contributed by atoms with Crippen LogP contribution in [0.2, 0.25) is 0 Å². The van der Waals surface area contributed by atoms with Crippen molar-refractivity contribution in [1.29, 1.82) is 0 Å². The highest BCUT2D eigenvalue weighted by Crippen LogP contribution is 2.39. The van der Waals surface area contributed by atoms with Gasteiger partial charge in [-0.3, -0.25) is 19.1 Å². The number of nitrogens with zero attached hydrogens (tertiary/aromatic N) is 2. The van der Waals surface area contributed by atoms with E-state index in [1.807, 2.05) is 36.7 Å². The molecule has 38 heavy (non-hydrogen) atoms. The SMILES string of the molecule is COC(=O)CNC(=O)[C@H](CC(C)C)NC(=O)c1cc(-c2c(OC)cccc2OC)n(CC2CCCCC2)n1. The zero-order chi connectivity index (χ0) is 27.7. The number of methoxy groups -OCH3 is 3. The van der Waals surface area contributed by atoms with Crippen molar-refractivity contribution >= 4 is 17.8 Å². The summed E-state index contributed by atoms with van der Waals surface area (Å²) in [6.45, 7) is 4.31. The molecule has 1 atom stereocenters. The van der Waals surface area contributed by atoms with Crippen LogP contribution < -0.4 is 20.1 Å². The van der Waals surface area contributed by atoms with E-state index in [9.17, 15) is 14.4 Å². The Hall–Kier alpha value is -3.56. The van der Waals surface area contributed by atoms with Crippen molar-refractivity contribution in [2.75, 3.05) is 27.9 Å². The third-order valence-corrected chi connectivity index (χ3v) is 6.82. The zero-order valence-corrected chi connectivity index (χ0v) is 23.0. The number of ether oxygens (including phenoxy) is 3. The van der Waals surface area contributed by atoms with Crippen LogP contribution in [0.4, 0.5) is 0 Å². The standard InChI is InChI=1S/C28H40N4O6/c1-18(2)14-20(27(34)29-16-25(33)38-5)30-28(35)21-15-22(26-23(36-3)12-9-13-24(26)37-4)32(31-21)17-19-10-7-6-8-11-19/h9,12-13,15,18-20H,6-8,10-11,14,16-17H2,1-5H3,(H,29,34)(H,30,35)/t20-/m0/s1. The molecule has 10 nitrogen and oxygen atoms in total. The molecule has 0 spiro atoms. The summed E-state index contributed by atoms with van der Waals surface area (Å²) in [7, 11) is 4.44. The number of amides is 2. The lowest BCUT2D eigenvalue weighted by molar-refractivity contribution is -0.141. The first-order valence-corrected chi connectivity index (χ1v) is 13.2. The molecule has 0 aliphatic heterocycles. The third-order valence-electron chi connectivity index (χ3n) is 6.82. The number of hydrogen-bond donors (Lipinski definition) is 2. The molecular formula is C28H40N4O6. The van der Waals surface area contributed by atoms with E-state index in [1.54, 1.807) is 20.3 Å². The largest absolute Gasteiger partial charge is 0.496 e. The fourth-order valence-corrected chi connectivity index (χ4v) is 4.88. The molecule has 3 rings (SSSR count). The van der Waals surface area contributed by atoms with Crippen LogP contribution in [0.15, 0.2) is 24.3 Å². The molecule has 1 aliphatic rings. The van der Waals surface area contributed by atoms with Gasteiger partial charge in [0.25, 0.3) is 5.91 Å². The first kappa shape index (κ1) is 29.0. The average Bonchev–Trinajstić information content (AvgIpc) is 3.34. The molecule has 1 saturated carbocycles. The number of nitrogens with one attached hydrogen (secondary N) is 2. The molecule has 1 aromatic carbocycles. The topological polar surface area (TPSA) is 121 Å². The van der Waals surface area contributed by atoms with Crippen molar-refractivity contribution in [3.05, 3.63) is 30.0 Å². The Bertz CT molecular complexity index is 1080. The Morgan fingerprint density at radius 1 is 1.05 bits per heavy atom. The number of benzene rings is 1. The number of hydrogen-bond acceptors (Lipinski definition) is 7. The summed E-state index contributed by atoms with van der Waals surface area (Å²) in [4.78, 5) is 37.7. The van der Waals surface area contributed by atoms with Crippen molar-refractivity contribution in [1.82, 2.24) is 20.4 Å². The predicted molar refractivity (Wildman–Crippen MR) is 143 cm³/mol. The molecule has 2 aromatic rings. The van der Waals surface area contributed by atoms with E-state index < -0.39 is 23.8 Å². The number of rotatable bonds is 12. The quantitative estimate of drug-likeness (QED) is 0.404. The lowest BCUT2D eigenvalue weighted by atomic mass is 9.89. The number of aromatic nitrogens is 2. The van der Waals surface area contributed by atoms with Crippen LogP contribution in [0, 0.1) is 11.8 Å². The molecule has 0 saturated heterocycles. The van der Waals surface area contributed by atoms with E-state index in [0.717, 1.165) is 18.4 Å². The van der Waals surface area contributed by atoms with E-state index >= 15 is 0 Å². The number of carbonyl (C=O) groups excluding carboxylic acids is 3. The van der Waals surface area contributed by atoms with Gasteiger partial charge < -0.3 is 24.8 Å². The van der Waals surface area contributed by atoms with E-state index in [-0.39, 0.29) is 18.2 Å². The summed E-state index contributed by atoms with van der Waals surface area (Å²) in [6.07, 6.45) is 6.23. The molecule has 1 aliphatic carbocycles. The molecule has 10 heteroatoms. The molecule has 2 N–H and O–H groups in total. The minimum Gasteiger partial charge on any atom is -0.496 e. The van der Waals surface area contributed by atoms with Gasteiger partial charge in [-0.05, 0) is 49.3 Å². The van der Waals surface area contributed by atoms with Gasteiger partial charge in [0, 0.05) is 6.54 Å². The highest BCUT2D eigenvalue weighted by molar-refractivity contribution is 5.97. The van der Waals surface area contributed by atoms with Gasteiger partial charge in [0.2, 0.25) is 5.91 Å². The Morgan fingerprint density at radius 2 is 1.71 bits per heavy atom. The Balaban J connectivity index is 1.94. The molecule has 0 unspecified atom stereocenters. The number of esters is 1. The summed E-state index contributed by atoms with van der Waals surface area (Å²) in [5.41, 5.74) is 1.62. The van der Waals surface area contributed by atoms with E-state index in [0.29, 0.717) is 36.1 Å². The second-order valence-corrected chi connectivity index (χ2v) is 10.1. The van der Waals surface area contributed by atoms with Crippen LogP contribution >= 0.6 is 0 Å². The van der Waals surface area contributed by atoms with E-state index in [2.05, 4.69) is 15.4 Å². The van der Waals surface area contributed by atoms with Crippen molar-refractivity contribution in [2.45, 2.75) is 65.0 Å². The van der Waals surface area contributed by atoms with Gasteiger partial charge in [-0.25, -0.2) is 0 Å². The zero-order valence-electron chi connectivity index (χ0n) is 23.0. The van der Waals surface area contributed by atoms with Gasteiger partial charge in [-0.2, -0.15) is 5.10 Å². The van der Waals surface area contributed by atoms with Crippen molar-refractivity contribution in [3.63, 3.8) is 0 Å². The first-order chi connectivity index (χ1) is 18.3. The fourth-order valence-electron chi connectivity index (χ4n) is 4.88. The van der Waals surface area contributed by atoms with E-state index in [1.165, 1.54) is 26.4 Å². The summed E-state index contributed by atoms with van der Waals surface area (Å²) in [5, 5.41) is 10.1. The second-order valence-electron chi connectivity index (χ2n) is 10.1. The lowest BCUT2D eigenvalue weighted by Gasteiger charge is -2.23. The predicted octanol–water partition coefficient (Wildman–Crippen LogP) is 3.58. The molecule has 0 radical (unpaired) electrons. The normalized spacial score (nSPS) is 14.6. The minimum absolute atomic E-state index is 0.126. The summed E-state index contributed by atoms with van der Waals surface area (Å²) >= 11 is 0. The van der Waals surface area contributed by atoms with Gasteiger partial charge in [-0.15, -0.1) is 0 Å². The fraction of sp³-hybridized carbons (Fsp3) is 0.571. The van der Waals surface area contributed by atoms with Crippen LogP contribution in [0.3, 0.4) is 0 Å². The van der Waals surface area contributed by atoms with Crippen molar-refractivity contribution in [2.24, 2.45) is 11.8 Å². The van der Waals surface area contributed by atoms with Crippen molar-refractivity contribution in [3.8, 4) is 22.8 Å². The van der Waals surface area contributed by atoms with Gasteiger partial charge in [0.05, 0.1) is 32.6 Å². The maximum Gasteiger partial charge on any atom is 0.325 e. The Morgan fingerprint density at radius 3 is 2.29 bits per heavy atom. The van der Waals surface area contributed by atoms with Gasteiger partial charge in [-0.1, -0.05) is 39.2 Å². The van der Waals surface area contributed by atoms with Crippen LogP contribution in [-0.2, 0) is 20.9 Å². The molecular weight excluding hydrogens is 488 g/mol. The molecule has 1 fully saturated rings. The van der Waals surface area contributed by atoms with Gasteiger partial charge >= 0.3 is 5.97 Å². The maximum atomic E-state index is 13.4. The van der Waals surface area contributed by atoms with Gasteiger partial charge in [0.1, 0.15) is 24.1 Å². The second kappa shape index (κ2) is 13.8.